The lowest BCUT2D eigenvalue weighted by atomic mass is 10.1. The average molecular weight is 391 g/mol. The summed E-state index contributed by atoms with van der Waals surface area (Å²) >= 11 is 0. The smallest absolute Gasteiger partial charge is 0.273 e. The maximum absolute atomic E-state index is 12.7. The van der Waals surface area contributed by atoms with Gasteiger partial charge in [0.15, 0.2) is 11.5 Å². The number of hydrogen-bond acceptors (Lipinski definition) is 5. The van der Waals surface area contributed by atoms with Gasteiger partial charge in [-0.05, 0) is 55.8 Å². The van der Waals surface area contributed by atoms with Crippen molar-refractivity contribution in [2.75, 3.05) is 26.7 Å². The van der Waals surface area contributed by atoms with Crippen LogP contribution in [0.25, 0.3) is 11.3 Å². The quantitative estimate of drug-likeness (QED) is 0.661. The summed E-state index contributed by atoms with van der Waals surface area (Å²) in [6.45, 7) is 2.65. The minimum absolute atomic E-state index is 0.163. The fraction of sp³-hybridized carbons (Fsp3) is 0.304. The molecule has 150 valence electrons. The highest BCUT2D eigenvalue weighted by molar-refractivity contribution is 5.93. The Morgan fingerprint density at radius 2 is 1.86 bits per heavy atom. The van der Waals surface area contributed by atoms with Gasteiger partial charge in [0, 0.05) is 18.2 Å². The lowest BCUT2D eigenvalue weighted by Gasteiger charge is -2.28. The number of likely N-dealkylation sites (tertiary alicyclic amines) is 1. The summed E-state index contributed by atoms with van der Waals surface area (Å²) in [6.07, 6.45) is 2.40. The number of benzene rings is 2. The average Bonchev–Trinajstić information content (AvgIpc) is 3.47. The third-order valence-electron chi connectivity index (χ3n) is 5.34. The Hall–Kier alpha value is -3.12. The monoisotopic (exact) mass is 391 g/mol. The summed E-state index contributed by atoms with van der Waals surface area (Å²) in [6, 6.07) is 19.6. The molecule has 0 saturated carbocycles. The molecule has 0 unspecified atom stereocenters. The van der Waals surface area contributed by atoms with Crippen LogP contribution in [0.1, 0.15) is 34.9 Å². The highest BCUT2D eigenvalue weighted by atomic mass is 16.5. The number of nitrogens with zero attached hydrogens (tertiary/aromatic N) is 2. The van der Waals surface area contributed by atoms with E-state index in [0.717, 1.165) is 24.4 Å². The van der Waals surface area contributed by atoms with E-state index in [1.807, 2.05) is 42.5 Å². The molecule has 4 rings (SSSR count). The number of aromatic nitrogens is 1. The van der Waals surface area contributed by atoms with Crippen molar-refractivity contribution in [1.29, 1.82) is 0 Å². The molecule has 1 atom stereocenters. The van der Waals surface area contributed by atoms with Crippen molar-refractivity contribution in [1.82, 2.24) is 15.4 Å². The van der Waals surface area contributed by atoms with Crippen LogP contribution in [-0.4, -0.2) is 42.7 Å². The van der Waals surface area contributed by atoms with Gasteiger partial charge in [-0.25, -0.2) is 0 Å². The van der Waals surface area contributed by atoms with Gasteiger partial charge in [-0.1, -0.05) is 35.5 Å². The van der Waals surface area contributed by atoms with Crippen LogP contribution in [0.2, 0.25) is 0 Å². The largest absolute Gasteiger partial charge is 0.497 e. The maximum Gasteiger partial charge on any atom is 0.273 e. The fourth-order valence-corrected chi connectivity index (χ4v) is 3.74. The lowest BCUT2D eigenvalue weighted by Crippen LogP contribution is -2.36. The number of methoxy groups -OCH3 is 1. The predicted octanol–water partition coefficient (Wildman–Crippen LogP) is 3.92. The van der Waals surface area contributed by atoms with E-state index >= 15 is 0 Å². The molecule has 6 nitrogen and oxygen atoms in total. The normalized spacial score (nSPS) is 15.2. The number of hydrogen-bond donors (Lipinski definition) is 1. The van der Waals surface area contributed by atoms with Gasteiger partial charge in [0.1, 0.15) is 5.75 Å². The number of amides is 1. The van der Waals surface area contributed by atoms with Gasteiger partial charge in [0.25, 0.3) is 5.91 Å². The molecule has 1 aromatic heterocycles. The minimum Gasteiger partial charge on any atom is -0.497 e. The van der Waals surface area contributed by atoms with Gasteiger partial charge in [-0.2, -0.15) is 0 Å². The molecular formula is C23H25N3O3. The number of carbonyl (C=O) groups is 1. The van der Waals surface area contributed by atoms with Gasteiger partial charge >= 0.3 is 0 Å². The van der Waals surface area contributed by atoms with Gasteiger partial charge in [0.05, 0.1) is 13.2 Å². The molecule has 3 aromatic rings. The van der Waals surface area contributed by atoms with E-state index in [0.29, 0.717) is 12.3 Å². The zero-order valence-electron chi connectivity index (χ0n) is 16.5. The molecule has 6 heteroatoms. The van der Waals surface area contributed by atoms with Gasteiger partial charge in [-0.15, -0.1) is 0 Å². The van der Waals surface area contributed by atoms with Gasteiger partial charge < -0.3 is 14.6 Å². The van der Waals surface area contributed by atoms with Crippen LogP contribution in [0, 0.1) is 0 Å². The molecule has 0 spiro atoms. The first kappa shape index (κ1) is 19.2. The third kappa shape index (κ3) is 4.49. The molecular weight excluding hydrogens is 366 g/mol. The van der Waals surface area contributed by atoms with Crippen LogP contribution in [0.3, 0.4) is 0 Å². The van der Waals surface area contributed by atoms with Crippen molar-refractivity contribution in [3.05, 3.63) is 71.9 Å². The van der Waals surface area contributed by atoms with Crippen molar-refractivity contribution in [2.24, 2.45) is 0 Å². The molecule has 29 heavy (non-hydrogen) atoms. The first-order chi connectivity index (χ1) is 14.2. The van der Waals surface area contributed by atoms with Crippen LogP contribution in [0.4, 0.5) is 0 Å². The first-order valence-electron chi connectivity index (χ1n) is 9.93. The molecule has 0 bridgehead atoms. The van der Waals surface area contributed by atoms with Crippen molar-refractivity contribution in [3.8, 4) is 17.1 Å². The summed E-state index contributed by atoms with van der Waals surface area (Å²) < 4.78 is 10.5. The molecule has 1 saturated heterocycles. The van der Waals surface area contributed by atoms with Crippen molar-refractivity contribution < 1.29 is 14.1 Å². The Bertz CT molecular complexity index is 932. The maximum atomic E-state index is 12.7. The molecule has 0 aliphatic carbocycles. The van der Waals surface area contributed by atoms with Gasteiger partial charge in [0.2, 0.25) is 0 Å². The van der Waals surface area contributed by atoms with Crippen LogP contribution in [-0.2, 0) is 0 Å². The molecule has 1 aliphatic heterocycles. The van der Waals surface area contributed by atoms with E-state index in [2.05, 4.69) is 27.5 Å². The molecule has 1 N–H and O–H groups in total. The summed E-state index contributed by atoms with van der Waals surface area (Å²) in [5.41, 5.74) is 2.34. The highest BCUT2D eigenvalue weighted by Gasteiger charge is 2.24. The Kier molecular flexibility index (Phi) is 5.91. The predicted molar refractivity (Wildman–Crippen MR) is 111 cm³/mol. The Morgan fingerprint density at radius 3 is 2.55 bits per heavy atom. The summed E-state index contributed by atoms with van der Waals surface area (Å²) in [7, 11) is 1.62. The van der Waals surface area contributed by atoms with Crippen LogP contribution in [0.15, 0.2) is 65.2 Å². The molecule has 0 radical (unpaired) electrons. The zero-order valence-corrected chi connectivity index (χ0v) is 16.5. The molecule has 1 amide bonds. The fourth-order valence-electron chi connectivity index (χ4n) is 3.74. The second kappa shape index (κ2) is 8.92. The van der Waals surface area contributed by atoms with Crippen LogP contribution in [0.5, 0.6) is 5.75 Å². The van der Waals surface area contributed by atoms with E-state index in [1.54, 1.807) is 13.2 Å². The standard InChI is InChI=1S/C23H25N3O3/c1-28-19-11-9-18(10-12-19)22-15-20(25-29-22)23(27)24-16-21(26-13-5-6-14-26)17-7-3-2-4-8-17/h2-4,7-12,15,21H,5-6,13-14,16H2,1H3,(H,24,27)/t21-/m0/s1. The lowest BCUT2D eigenvalue weighted by molar-refractivity contribution is 0.0929. The summed E-state index contributed by atoms with van der Waals surface area (Å²) in [4.78, 5) is 15.1. The van der Waals surface area contributed by atoms with E-state index in [4.69, 9.17) is 9.26 Å². The van der Waals surface area contributed by atoms with E-state index in [-0.39, 0.29) is 17.6 Å². The van der Waals surface area contributed by atoms with E-state index in [1.165, 1.54) is 18.4 Å². The van der Waals surface area contributed by atoms with E-state index < -0.39 is 0 Å². The topological polar surface area (TPSA) is 67.6 Å². The van der Waals surface area contributed by atoms with E-state index in [9.17, 15) is 4.79 Å². The van der Waals surface area contributed by atoms with Crippen molar-refractivity contribution >= 4 is 5.91 Å². The molecule has 1 aliphatic rings. The molecule has 2 heterocycles. The Morgan fingerprint density at radius 1 is 1.14 bits per heavy atom. The SMILES string of the molecule is COc1ccc(-c2cc(C(=O)NC[C@@H](c3ccccc3)N3CCCC3)no2)cc1. The number of carbonyl (C=O) groups excluding carboxylic acids is 1. The van der Waals surface area contributed by atoms with Crippen LogP contribution >= 0.6 is 0 Å². The first-order valence-corrected chi connectivity index (χ1v) is 9.93. The van der Waals surface area contributed by atoms with Crippen molar-refractivity contribution in [2.45, 2.75) is 18.9 Å². The van der Waals surface area contributed by atoms with Crippen LogP contribution < -0.4 is 10.1 Å². The highest BCUT2D eigenvalue weighted by Crippen LogP contribution is 2.25. The molecule has 2 aromatic carbocycles. The summed E-state index contributed by atoms with van der Waals surface area (Å²) in [5, 5.41) is 6.99. The Balaban J connectivity index is 1.43. The summed E-state index contributed by atoms with van der Waals surface area (Å²) in [5.74, 6) is 1.09. The minimum atomic E-state index is -0.228. The number of nitrogens with one attached hydrogen (secondary N) is 1. The van der Waals surface area contributed by atoms with Crippen molar-refractivity contribution in [3.63, 3.8) is 0 Å². The third-order valence-corrected chi connectivity index (χ3v) is 5.34. The van der Waals surface area contributed by atoms with Gasteiger partial charge in [-0.3, -0.25) is 9.69 Å². The number of rotatable bonds is 7. The Labute approximate surface area is 170 Å². The second-order valence-electron chi connectivity index (χ2n) is 7.18. The zero-order chi connectivity index (χ0) is 20.1. The second-order valence-corrected chi connectivity index (χ2v) is 7.18. The molecule has 1 fully saturated rings. The number of ether oxygens (including phenoxy) is 1.